The number of nitrogens with one attached hydrogen (secondary N) is 1. The number of Topliss-reactive ketones (excluding diaryl/α,β-unsaturated/α-hetero) is 1. The summed E-state index contributed by atoms with van der Waals surface area (Å²) in [5.41, 5.74) is 6.48. The predicted octanol–water partition coefficient (Wildman–Crippen LogP) is 3.75. The normalized spacial score (nSPS) is 16.3. The number of imide groups is 1. The minimum atomic E-state index is -0.200. The summed E-state index contributed by atoms with van der Waals surface area (Å²) in [6, 6.07) is 19.0. The molecule has 7 nitrogen and oxygen atoms in total. The van der Waals surface area contributed by atoms with Gasteiger partial charge in [-0.15, -0.1) is 0 Å². The van der Waals surface area contributed by atoms with Gasteiger partial charge < -0.3 is 4.90 Å². The summed E-state index contributed by atoms with van der Waals surface area (Å²) in [7, 11) is 0. The molecule has 0 spiro atoms. The van der Waals surface area contributed by atoms with Crippen molar-refractivity contribution in [2.75, 3.05) is 44.2 Å². The summed E-state index contributed by atoms with van der Waals surface area (Å²) in [5.74, 6) is -0.310. The number of ketones is 1. The monoisotopic (exact) mass is 470 g/mol. The molecule has 5 rings (SSSR count). The van der Waals surface area contributed by atoms with Gasteiger partial charge in [-0.2, -0.15) is 0 Å². The number of para-hydroxylation sites is 1. The highest BCUT2D eigenvalue weighted by molar-refractivity contribution is 6.25. The summed E-state index contributed by atoms with van der Waals surface area (Å²) < 4.78 is 0. The highest BCUT2D eigenvalue weighted by atomic mass is 16.2. The molecule has 3 aromatic rings. The molecule has 0 unspecified atom stereocenters. The van der Waals surface area contributed by atoms with E-state index in [-0.39, 0.29) is 17.6 Å². The molecule has 0 radical (unpaired) electrons. The number of hydrogen-bond donors (Lipinski definition) is 1. The lowest BCUT2D eigenvalue weighted by Crippen LogP contribution is -2.52. The van der Waals surface area contributed by atoms with Crippen molar-refractivity contribution in [1.29, 1.82) is 0 Å². The van der Waals surface area contributed by atoms with E-state index in [4.69, 9.17) is 0 Å². The predicted molar refractivity (Wildman–Crippen MR) is 137 cm³/mol. The maximum absolute atomic E-state index is 13.0. The first-order valence-electron chi connectivity index (χ1n) is 12.3. The fourth-order valence-electron chi connectivity index (χ4n) is 5.07. The number of hydrogen-bond acceptors (Lipinski definition) is 6. The Labute approximate surface area is 205 Å². The van der Waals surface area contributed by atoms with Crippen LogP contribution in [-0.2, 0) is 0 Å². The Kier molecular flexibility index (Phi) is 6.61. The highest BCUT2D eigenvalue weighted by Crippen LogP contribution is 2.30. The van der Waals surface area contributed by atoms with Crippen LogP contribution in [0.3, 0.4) is 0 Å². The molecule has 7 heteroatoms. The van der Waals surface area contributed by atoms with E-state index in [2.05, 4.69) is 15.3 Å². The van der Waals surface area contributed by atoms with Gasteiger partial charge in [0.25, 0.3) is 11.8 Å². The molecule has 1 fully saturated rings. The van der Waals surface area contributed by atoms with E-state index >= 15 is 0 Å². The summed E-state index contributed by atoms with van der Waals surface area (Å²) >= 11 is 0. The SMILES string of the molecule is CC(=O)c1ccccc1N1CCN(NCCCCN2C(=O)c3cccc4cccc(c34)C2=O)CC1. The van der Waals surface area contributed by atoms with Gasteiger partial charge in [0, 0.05) is 67.0 Å². The zero-order chi connectivity index (χ0) is 24.4. The van der Waals surface area contributed by atoms with Crippen molar-refractivity contribution in [3.8, 4) is 0 Å². The van der Waals surface area contributed by atoms with Gasteiger partial charge in [-0.05, 0) is 49.4 Å². The van der Waals surface area contributed by atoms with Crippen molar-refractivity contribution >= 4 is 34.1 Å². The van der Waals surface area contributed by atoms with E-state index in [0.717, 1.165) is 67.6 Å². The average Bonchev–Trinajstić information content (AvgIpc) is 2.89. The minimum Gasteiger partial charge on any atom is -0.368 e. The average molecular weight is 471 g/mol. The zero-order valence-corrected chi connectivity index (χ0v) is 20.0. The van der Waals surface area contributed by atoms with Gasteiger partial charge in [0.15, 0.2) is 5.78 Å². The Bertz CT molecular complexity index is 1230. The molecule has 0 aliphatic carbocycles. The number of piperazine rings is 1. The Morgan fingerprint density at radius 2 is 1.49 bits per heavy atom. The minimum absolute atomic E-state index is 0.0898. The Morgan fingerprint density at radius 3 is 2.14 bits per heavy atom. The third-order valence-corrected chi connectivity index (χ3v) is 6.90. The fraction of sp³-hybridized carbons (Fsp3) is 0.321. The van der Waals surface area contributed by atoms with Gasteiger partial charge >= 0.3 is 0 Å². The second kappa shape index (κ2) is 9.98. The third-order valence-electron chi connectivity index (χ3n) is 6.90. The van der Waals surface area contributed by atoms with Gasteiger partial charge in [0.05, 0.1) is 0 Å². The number of carbonyl (C=O) groups is 3. The summed E-state index contributed by atoms with van der Waals surface area (Å²) in [6.07, 6.45) is 1.60. The van der Waals surface area contributed by atoms with E-state index in [1.54, 1.807) is 6.92 Å². The van der Waals surface area contributed by atoms with Crippen LogP contribution in [0.25, 0.3) is 10.8 Å². The van der Waals surface area contributed by atoms with Crippen LogP contribution in [-0.4, -0.2) is 66.8 Å². The molecule has 180 valence electrons. The molecule has 2 aliphatic heterocycles. The molecule has 0 atom stereocenters. The van der Waals surface area contributed by atoms with Crippen molar-refractivity contribution in [3.63, 3.8) is 0 Å². The number of hydrazine groups is 1. The highest BCUT2D eigenvalue weighted by Gasteiger charge is 2.32. The molecular formula is C28H30N4O3. The van der Waals surface area contributed by atoms with Crippen molar-refractivity contribution in [2.45, 2.75) is 19.8 Å². The van der Waals surface area contributed by atoms with E-state index in [1.165, 1.54) is 4.90 Å². The third kappa shape index (κ3) is 4.57. The van der Waals surface area contributed by atoms with Crippen LogP contribution in [0.1, 0.15) is 50.8 Å². The molecule has 35 heavy (non-hydrogen) atoms. The fourth-order valence-corrected chi connectivity index (χ4v) is 5.07. The van der Waals surface area contributed by atoms with E-state index < -0.39 is 0 Å². The molecule has 0 aromatic heterocycles. The maximum Gasteiger partial charge on any atom is 0.261 e. The number of amides is 2. The molecule has 0 saturated carbocycles. The number of rotatable bonds is 8. The van der Waals surface area contributed by atoms with Crippen LogP contribution in [0.15, 0.2) is 60.7 Å². The Balaban J connectivity index is 1.09. The number of benzene rings is 3. The molecule has 1 N–H and O–H groups in total. The number of anilines is 1. The summed E-state index contributed by atoms with van der Waals surface area (Å²) in [4.78, 5) is 41.6. The van der Waals surface area contributed by atoms with Crippen molar-refractivity contribution < 1.29 is 14.4 Å². The molecule has 0 bridgehead atoms. The largest absolute Gasteiger partial charge is 0.368 e. The Hall–Kier alpha value is -3.55. The standard InChI is InChI=1S/C28H30N4O3/c1-20(33)22-10-2-3-13-25(22)30-16-18-31(19-17-30)29-14-4-5-15-32-27(34)23-11-6-8-21-9-7-12-24(26(21)23)28(32)35/h2-3,6-13,29H,4-5,14-19H2,1H3. The van der Waals surface area contributed by atoms with E-state index in [0.29, 0.717) is 17.7 Å². The molecule has 2 heterocycles. The van der Waals surface area contributed by atoms with Gasteiger partial charge in [-0.1, -0.05) is 36.4 Å². The molecule has 3 aromatic carbocycles. The first kappa shape index (κ1) is 23.2. The first-order valence-corrected chi connectivity index (χ1v) is 12.3. The quantitative estimate of drug-likeness (QED) is 0.307. The maximum atomic E-state index is 13.0. The van der Waals surface area contributed by atoms with Gasteiger partial charge in [-0.25, -0.2) is 5.01 Å². The van der Waals surface area contributed by atoms with E-state index in [9.17, 15) is 14.4 Å². The lowest BCUT2D eigenvalue weighted by atomic mass is 9.94. The van der Waals surface area contributed by atoms with Crippen LogP contribution in [0.2, 0.25) is 0 Å². The summed E-state index contributed by atoms with van der Waals surface area (Å²) in [5, 5.41) is 3.91. The second-order valence-electron chi connectivity index (χ2n) is 9.13. The molecule has 1 saturated heterocycles. The molecule has 2 amide bonds. The van der Waals surface area contributed by atoms with Gasteiger partial charge in [0.1, 0.15) is 0 Å². The van der Waals surface area contributed by atoms with Crippen LogP contribution in [0, 0.1) is 0 Å². The van der Waals surface area contributed by atoms with Crippen molar-refractivity contribution in [1.82, 2.24) is 15.3 Å². The molecular weight excluding hydrogens is 440 g/mol. The van der Waals surface area contributed by atoms with Gasteiger partial charge in [0.2, 0.25) is 0 Å². The first-order chi connectivity index (χ1) is 17.0. The second-order valence-corrected chi connectivity index (χ2v) is 9.13. The number of unbranched alkanes of at least 4 members (excludes halogenated alkanes) is 1. The smallest absolute Gasteiger partial charge is 0.261 e. The summed E-state index contributed by atoms with van der Waals surface area (Å²) in [6.45, 7) is 6.22. The number of nitrogens with zero attached hydrogens (tertiary/aromatic N) is 3. The molecule has 2 aliphatic rings. The topological polar surface area (TPSA) is 73.0 Å². The number of carbonyl (C=O) groups excluding carboxylic acids is 3. The zero-order valence-electron chi connectivity index (χ0n) is 20.0. The van der Waals surface area contributed by atoms with Crippen LogP contribution in [0.5, 0.6) is 0 Å². The van der Waals surface area contributed by atoms with Crippen molar-refractivity contribution in [3.05, 3.63) is 77.4 Å². The van der Waals surface area contributed by atoms with Crippen molar-refractivity contribution in [2.24, 2.45) is 0 Å². The van der Waals surface area contributed by atoms with Gasteiger partial charge in [-0.3, -0.25) is 24.7 Å². The van der Waals surface area contributed by atoms with Crippen LogP contribution >= 0.6 is 0 Å². The van der Waals surface area contributed by atoms with Crippen LogP contribution < -0.4 is 10.3 Å². The Morgan fingerprint density at radius 1 is 0.829 bits per heavy atom. The van der Waals surface area contributed by atoms with Crippen LogP contribution in [0.4, 0.5) is 5.69 Å². The lowest BCUT2D eigenvalue weighted by molar-refractivity contribution is 0.0606. The van der Waals surface area contributed by atoms with E-state index in [1.807, 2.05) is 60.7 Å². The lowest BCUT2D eigenvalue weighted by Gasteiger charge is -2.37.